The molecular formula is C12H20N4O2. The van der Waals surface area contributed by atoms with E-state index < -0.39 is 6.04 Å². The first-order valence-corrected chi connectivity index (χ1v) is 6.19. The Kier molecular flexibility index (Phi) is 3.98. The highest BCUT2D eigenvalue weighted by Gasteiger charge is 2.25. The van der Waals surface area contributed by atoms with Gasteiger partial charge in [0, 0.05) is 31.9 Å². The lowest BCUT2D eigenvalue weighted by Crippen LogP contribution is -2.37. The Hall–Kier alpha value is -1.40. The second kappa shape index (κ2) is 5.49. The number of carbonyl (C=O) groups excluding carboxylic acids is 1. The van der Waals surface area contributed by atoms with Gasteiger partial charge in [0.15, 0.2) is 0 Å². The standard InChI is InChI=1S/C12H20N4O2/c1-15-5-3-10(4-6-15)18-12(17)11(13)9-7-14-16(2)8-9/h7-8,10-11H,3-6,13H2,1-2H3. The Morgan fingerprint density at radius 3 is 2.72 bits per heavy atom. The van der Waals surface area contributed by atoms with Gasteiger partial charge in [0.2, 0.25) is 0 Å². The molecule has 6 nitrogen and oxygen atoms in total. The van der Waals surface area contributed by atoms with Gasteiger partial charge in [-0.3, -0.25) is 4.68 Å². The van der Waals surface area contributed by atoms with Crippen molar-refractivity contribution in [3.05, 3.63) is 18.0 Å². The van der Waals surface area contributed by atoms with Gasteiger partial charge in [-0.2, -0.15) is 5.10 Å². The predicted molar refractivity (Wildman–Crippen MR) is 66.7 cm³/mol. The van der Waals surface area contributed by atoms with Crippen LogP contribution < -0.4 is 5.73 Å². The van der Waals surface area contributed by atoms with E-state index in [2.05, 4.69) is 17.0 Å². The van der Waals surface area contributed by atoms with E-state index >= 15 is 0 Å². The van der Waals surface area contributed by atoms with E-state index in [1.807, 2.05) is 0 Å². The van der Waals surface area contributed by atoms with Crippen molar-refractivity contribution in [2.75, 3.05) is 20.1 Å². The molecule has 18 heavy (non-hydrogen) atoms. The molecule has 0 saturated carbocycles. The van der Waals surface area contributed by atoms with Crippen molar-refractivity contribution in [1.82, 2.24) is 14.7 Å². The van der Waals surface area contributed by atoms with Gasteiger partial charge in [-0.15, -0.1) is 0 Å². The summed E-state index contributed by atoms with van der Waals surface area (Å²) in [7, 11) is 3.86. The van der Waals surface area contributed by atoms with Crippen LogP contribution in [0.15, 0.2) is 12.4 Å². The largest absolute Gasteiger partial charge is 0.461 e. The van der Waals surface area contributed by atoms with Crippen LogP contribution in [0.1, 0.15) is 24.4 Å². The molecule has 1 atom stereocenters. The second-order valence-corrected chi connectivity index (χ2v) is 4.86. The Morgan fingerprint density at radius 1 is 1.50 bits per heavy atom. The number of piperidine rings is 1. The van der Waals surface area contributed by atoms with Gasteiger partial charge < -0.3 is 15.4 Å². The molecule has 1 saturated heterocycles. The zero-order valence-corrected chi connectivity index (χ0v) is 10.9. The summed E-state index contributed by atoms with van der Waals surface area (Å²) in [4.78, 5) is 14.1. The average molecular weight is 252 g/mol. The molecule has 2 rings (SSSR count). The number of esters is 1. The molecule has 1 fully saturated rings. The highest BCUT2D eigenvalue weighted by Crippen LogP contribution is 2.16. The summed E-state index contributed by atoms with van der Waals surface area (Å²) in [6.45, 7) is 1.92. The third kappa shape index (κ3) is 3.08. The minimum absolute atomic E-state index is 0.00331. The van der Waals surface area contributed by atoms with Gasteiger partial charge in [-0.05, 0) is 19.9 Å². The molecule has 1 aromatic heterocycles. The molecule has 0 amide bonds. The summed E-state index contributed by atoms with van der Waals surface area (Å²) in [6, 6.07) is -0.738. The average Bonchev–Trinajstić information content (AvgIpc) is 2.78. The first kappa shape index (κ1) is 13.0. The molecule has 0 bridgehead atoms. The number of nitrogens with zero attached hydrogens (tertiary/aromatic N) is 3. The SMILES string of the molecule is CN1CCC(OC(=O)C(N)c2cnn(C)c2)CC1. The molecule has 1 aliphatic heterocycles. The van der Waals surface area contributed by atoms with Crippen molar-refractivity contribution >= 4 is 5.97 Å². The molecule has 2 N–H and O–H groups in total. The number of hydrogen-bond donors (Lipinski definition) is 1. The van der Waals surface area contributed by atoms with Crippen molar-refractivity contribution in [3.63, 3.8) is 0 Å². The predicted octanol–water partition coefficient (Wildman–Crippen LogP) is 0.0573. The number of ether oxygens (including phenoxy) is 1. The third-order valence-electron chi connectivity index (χ3n) is 3.29. The molecular weight excluding hydrogens is 232 g/mol. The summed E-state index contributed by atoms with van der Waals surface area (Å²) in [6.07, 6.45) is 5.09. The lowest BCUT2D eigenvalue weighted by Gasteiger charge is -2.29. The fraction of sp³-hybridized carbons (Fsp3) is 0.667. The monoisotopic (exact) mass is 252 g/mol. The van der Waals surface area contributed by atoms with E-state index in [0.29, 0.717) is 5.56 Å². The number of hydrogen-bond acceptors (Lipinski definition) is 5. The summed E-state index contributed by atoms with van der Waals surface area (Å²) in [5.41, 5.74) is 6.55. The van der Waals surface area contributed by atoms with Crippen molar-refractivity contribution in [3.8, 4) is 0 Å². The van der Waals surface area contributed by atoms with Crippen molar-refractivity contribution in [2.24, 2.45) is 12.8 Å². The minimum atomic E-state index is -0.738. The van der Waals surface area contributed by atoms with Crippen LogP contribution in [-0.2, 0) is 16.6 Å². The van der Waals surface area contributed by atoms with Crippen molar-refractivity contribution in [1.29, 1.82) is 0 Å². The van der Waals surface area contributed by atoms with Gasteiger partial charge in [0.25, 0.3) is 0 Å². The first-order chi connectivity index (χ1) is 8.56. The van der Waals surface area contributed by atoms with Crippen LogP contribution in [0.2, 0.25) is 0 Å². The van der Waals surface area contributed by atoms with E-state index in [0.717, 1.165) is 25.9 Å². The maximum Gasteiger partial charge on any atom is 0.327 e. The van der Waals surface area contributed by atoms with Crippen molar-refractivity contribution < 1.29 is 9.53 Å². The van der Waals surface area contributed by atoms with E-state index in [9.17, 15) is 4.79 Å². The number of carbonyl (C=O) groups is 1. The van der Waals surface area contributed by atoms with Crippen LogP contribution >= 0.6 is 0 Å². The summed E-state index contributed by atoms with van der Waals surface area (Å²) >= 11 is 0. The Balaban J connectivity index is 1.88. The maximum atomic E-state index is 11.9. The highest BCUT2D eigenvalue weighted by atomic mass is 16.5. The summed E-state index contributed by atoms with van der Waals surface area (Å²) in [5, 5.41) is 4.00. The zero-order valence-electron chi connectivity index (χ0n) is 10.9. The normalized spacial score (nSPS) is 19.7. The van der Waals surface area contributed by atoms with E-state index in [1.165, 1.54) is 0 Å². The fourth-order valence-electron chi connectivity index (χ4n) is 2.08. The lowest BCUT2D eigenvalue weighted by molar-refractivity contribution is -0.152. The quantitative estimate of drug-likeness (QED) is 0.770. The van der Waals surface area contributed by atoms with Crippen LogP contribution in [0.5, 0.6) is 0 Å². The fourth-order valence-corrected chi connectivity index (χ4v) is 2.08. The van der Waals surface area contributed by atoms with Gasteiger partial charge in [0.05, 0.1) is 6.20 Å². The van der Waals surface area contributed by atoms with Gasteiger partial charge in [-0.25, -0.2) is 4.79 Å². The van der Waals surface area contributed by atoms with Gasteiger partial charge in [0.1, 0.15) is 12.1 Å². The molecule has 6 heteroatoms. The Morgan fingerprint density at radius 2 is 2.17 bits per heavy atom. The topological polar surface area (TPSA) is 73.4 Å². The smallest absolute Gasteiger partial charge is 0.327 e. The molecule has 0 aliphatic carbocycles. The van der Waals surface area contributed by atoms with Gasteiger partial charge >= 0.3 is 5.97 Å². The molecule has 1 aliphatic rings. The van der Waals surface area contributed by atoms with Crippen LogP contribution in [0, 0.1) is 0 Å². The molecule has 1 aromatic rings. The van der Waals surface area contributed by atoms with E-state index in [1.54, 1.807) is 24.1 Å². The van der Waals surface area contributed by atoms with Gasteiger partial charge in [-0.1, -0.05) is 0 Å². The second-order valence-electron chi connectivity index (χ2n) is 4.86. The molecule has 2 heterocycles. The number of aryl methyl sites for hydroxylation is 1. The molecule has 0 spiro atoms. The molecule has 100 valence electrons. The molecule has 0 aromatic carbocycles. The number of likely N-dealkylation sites (tertiary alicyclic amines) is 1. The van der Waals surface area contributed by atoms with Crippen LogP contribution in [0.25, 0.3) is 0 Å². The maximum absolute atomic E-state index is 11.9. The first-order valence-electron chi connectivity index (χ1n) is 6.19. The third-order valence-corrected chi connectivity index (χ3v) is 3.29. The highest BCUT2D eigenvalue weighted by molar-refractivity contribution is 5.77. The number of aromatic nitrogens is 2. The molecule has 1 unspecified atom stereocenters. The summed E-state index contributed by atoms with van der Waals surface area (Å²) < 4.78 is 7.06. The van der Waals surface area contributed by atoms with Crippen LogP contribution in [0.4, 0.5) is 0 Å². The van der Waals surface area contributed by atoms with Crippen molar-refractivity contribution in [2.45, 2.75) is 25.0 Å². The lowest BCUT2D eigenvalue weighted by atomic mass is 10.1. The number of nitrogens with two attached hydrogens (primary N) is 1. The Bertz CT molecular complexity index is 410. The molecule has 0 radical (unpaired) electrons. The minimum Gasteiger partial charge on any atom is -0.461 e. The van der Waals surface area contributed by atoms with E-state index in [-0.39, 0.29) is 12.1 Å². The Labute approximate surface area is 107 Å². The number of rotatable bonds is 3. The van der Waals surface area contributed by atoms with Crippen LogP contribution in [0.3, 0.4) is 0 Å². The van der Waals surface area contributed by atoms with Crippen LogP contribution in [-0.4, -0.2) is 46.9 Å². The zero-order chi connectivity index (χ0) is 13.1. The summed E-state index contributed by atoms with van der Waals surface area (Å²) in [5.74, 6) is -0.363. The van der Waals surface area contributed by atoms with E-state index in [4.69, 9.17) is 10.5 Å².